The quantitative estimate of drug-likeness (QED) is 0.863. The normalized spacial score (nSPS) is 19.5. The van der Waals surface area contributed by atoms with E-state index in [1.807, 2.05) is 30.0 Å². The zero-order valence-electron chi connectivity index (χ0n) is 13.1. The van der Waals surface area contributed by atoms with Gasteiger partial charge in [-0.2, -0.15) is 0 Å². The van der Waals surface area contributed by atoms with Gasteiger partial charge in [0.2, 0.25) is 5.91 Å². The third-order valence-corrected chi connectivity index (χ3v) is 4.22. The molecule has 2 unspecified atom stereocenters. The van der Waals surface area contributed by atoms with Crippen LogP contribution in [0.5, 0.6) is 0 Å². The second-order valence-electron chi connectivity index (χ2n) is 5.89. The van der Waals surface area contributed by atoms with Gasteiger partial charge in [0.15, 0.2) is 0 Å². The van der Waals surface area contributed by atoms with Gasteiger partial charge in [0.1, 0.15) is 0 Å². The molecule has 1 fully saturated rings. The van der Waals surface area contributed by atoms with Gasteiger partial charge in [-0.25, -0.2) is 0 Å². The molecule has 1 saturated heterocycles. The monoisotopic (exact) mass is 303 g/mol. The van der Waals surface area contributed by atoms with Crippen LogP contribution in [-0.2, 0) is 4.79 Å². The lowest BCUT2D eigenvalue weighted by Gasteiger charge is -2.37. The summed E-state index contributed by atoms with van der Waals surface area (Å²) in [6.07, 6.45) is 3.04. The van der Waals surface area contributed by atoms with Gasteiger partial charge in [0.05, 0.1) is 0 Å². The minimum Gasteiger partial charge on any atom is -0.350 e. The molecule has 120 valence electrons. The zero-order valence-corrected chi connectivity index (χ0v) is 13.1. The van der Waals surface area contributed by atoms with Gasteiger partial charge in [-0.3, -0.25) is 9.59 Å². The van der Waals surface area contributed by atoms with Crippen LogP contribution in [0.1, 0.15) is 36.5 Å². The molecule has 22 heavy (non-hydrogen) atoms. The van der Waals surface area contributed by atoms with Gasteiger partial charge < -0.3 is 16.0 Å². The van der Waals surface area contributed by atoms with Crippen LogP contribution in [0.3, 0.4) is 0 Å². The summed E-state index contributed by atoms with van der Waals surface area (Å²) in [6, 6.07) is 9.21. The van der Waals surface area contributed by atoms with Crippen molar-refractivity contribution < 1.29 is 9.59 Å². The first-order valence-corrected chi connectivity index (χ1v) is 7.97. The largest absolute Gasteiger partial charge is 0.350 e. The van der Waals surface area contributed by atoms with Gasteiger partial charge in [-0.15, -0.1) is 0 Å². The van der Waals surface area contributed by atoms with Gasteiger partial charge in [-0.05, 0) is 31.4 Å². The number of rotatable bonds is 5. The maximum atomic E-state index is 12.4. The number of benzene rings is 1. The Labute approximate surface area is 131 Å². The topological polar surface area (TPSA) is 75.4 Å². The highest BCUT2D eigenvalue weighted by atomic mass is 16.2. The second kappa shape index (κ2) is 7.94. The van der Waals surface area contributed by atoms with Crippen molar-refractivity contribution in [2.24, 2.45) is 11.7 Å². The fourth-order valence-electron chi connectivity index (χ4n) is 2.79. The van der Waals surface area contributed by atoms with E-state index in [-0.39, 0.29) is 23.8 Å². The highest BCUT2D eigenvalue weighted by molar-refractivity contribution is 5.94. The number of nitrogens with one attached hydrogen (secondary N) is 1. The number of nitrogens with two attached hydrogens (primary N) is 1. The Morgan fingerprint density at radius 3 is 2.73 bits per heavy atom. The number of hydrogen-bond acceptors (Lipinski definition) is 3. The Balaban J connectivity index is 1.94. The second-order valence-corrected chi connectivity index (χ2v) is 5.89. The number of carbonyl (C=O) groups excluding carboxylic acids is 2. The van der Waals surface area contributed by atoms with Crippen molar-refractivity contribution in [3.8, 4) is 0 Å². The maximum Gasteiger partial charge on any atom is 0.251 e. The number of likely N-dealkylation sites (tertiary alicyclic amines) is 1. The van der Waals surface area contributed by atoms with Crippen LogP contribution >= 0.6 is 0 Å². The molecule has 1 aliphatic heterocycles. The predicted octanol–water partition coefficient (Wildman–Crippen LogP) is 1.39. The lowest BCUT2D eigenvalue weighted by Crippen LogP contribution is -2.51. The summed E-state index contributed by atoms with van der Waals surface area (Å²) < 4.78 is 0. The first kappa shape index (κ1) is 16.5. The summed E-state index contributed by atoms with van der Waals surface area (Å²) in [5.74, 6) is -0.156. The minimum atomic E-state index is -0.162. The average molecular weight is 303 g/mol. The number of amides is 2. The summed E-state index contributed by atoms with van der Waals surface area (Å²) >= 11 is 0. The highest BCUT2D eigenvalue weighted by Gasteiger charge is 2.29. The zero-order chi connectivity index (χ0) is 15.9. The van der Waals surface area contributed by atoms with Gasteiger partial charge in [-0.1, -0.05) is 25.1 Å². The van der Waals surface area contributed by atoms with Crippen molar-refractivity contribution in [3.05, 3.63) is 35.9 Å². The highest BCUT2D eigenvalue weighted by Crippen LogP contribution is 2.19. The molecule has 0 spiro atoms. The van der Waals surface area contributed by atoms with Crippen molar-refractivity contribution in [1.29, 1.82) is 0 Å². The Kier molecular flexibility index (Phi) is 5.95. The Morgan fingerprint density at radius 2 is 2.05 bits per heavy atom. The van der Waals surface area contributed by atoms with Crippen LogP contribution in [0.25, 0.3) is 0 Å². The first-order chi connectivity index (χ1) is 10.6. The van der Waals surface area contributed by atoms with Crippen LogP contribution in [-0.4, -0.2) is 42.4 Å². The molecule has 1 heterocycles. The Bertz CT molecular complexity index is 504. The van der Waals surface area contributed by atoms with Crippen LogP contribution < -0.4 is 11.1 Å². The molecular weight excluding hydrogens is 278 g/mol. The van der Waals surface area contributed by atoms with E-state index in [0.29, 0.717) is 18.7 Å². The standard InChI is InChI=1S/C17H25N3O2/c1-13(11-18)17(22)20-10-6-5-9-15(20)12-19-16(21)14-7-3-2-4-8-14/h2-4,7-8,13,15H,5-6,9-12,18H2,1H3,(H,19,21). The predicted molar refractivity (Wildman–Crippen MR) is 86.3 cm³/mol. The first-order valence-electron chi connectivity index (χ1n) is 7.97. The van der Waals surface area contributed by atoms with E-state index in [4.69, 9.17) is 5.73 Å². The van der Waals surface area contributed by atoms with Crippen molar-refractivity contribution in [2.45, 2.75) is 32.2 Å². The fourth-order valence-corrected chi connectivity index (χ4v) is 2.79. The molecule has 0 radical (unpaired) electrons. The molecule has 2 rings (SSSR count). The van der Waals surface area contributed by atoms with E-state index >= 15 is 0 Å². The van der Waals surface area contributed by atoms with Gasteiger partial charge in [0.25, 0.3) is 5.91 Å². The summed E-state index contributed by atoms with van der Waals surface area (Å²) in [5.41, 5.74) is 6.25. The Hall–Kier alpha value is -1.88. The molecule has 5 nitrogen and oxygen atoms in total. The molecule has 2 atom stereocenters. The number of piperidine rings is 1. The molecule has 0 aromatic heterocycles. The van der Waals surface area contributed by atoms with Crippen LogP contribution in [0.2, 0.25) is 0 Å². The maximum absolute atomic E-state index is 12.4. The van der Waals surface area contributed by atoms with E-state index in [2.05, 4.69) is 5.32 Å². The minimum absolute atomic E-state index is 0.0721. The smallest absolute Gasteiger partial charge is 0.251 e. The number of nitrogens with zero attached hydrogens (tertiary/aromatic N) is 1. The molecule has 3 N–H and O–H groups in total. The molecule has 1 aliphatic rings. The van der Waals surface area contributed by atoms with E-state index in [1.165, 1.54) is 0 Å². The third kappa shape index (κ3) is 4.07. The molecular formula is C17H25N3O2. The van der Waals surface area contributed by atoms with Gasteiger partial charge in [0, 0.05) is 37.2 Å². The Morgan fingerprint density at radius 1 is 1.32 bits per heavy atom. The number of carbonyl (C=O) groups is 2. The van der Waals surface area contributed by atoms with E-state index in [1.54, 1.807) is 12.1 Å². The fraction of sp³-hybridized carbons (Fsp3) is 0.529. The lowest BCUT2D eigenvalue weighted by atomic mass is 9.99. The summed E-state index contributed by atoms with van der Waals surface area (Å²) in [4.78, 5) is 26.4. The van der Waals surface area contributed by atoms with Crippen LogP contribution in [0, 0.1) is 5.92 Å². The third-order valence-electron chi connectivity index (χ3n) is 4.22. The molecule has 0 aliphatic carbocycles. The molecule has 1 aromatic carbocycles. The SMILES string of the molecule is CC(CN)C(=O)N1CCCCC1CNC(=O)c1ccccc1. The summed E-state index contributed by atoms with van der Waals surface area (Å²) in [6.45, 7) is 3.47. The molecule has 0 bridgehead atoms. The molecule has 1 aromatic rings. The lowest BCUT2D eigenvalue weighted by molar-refractivity contribution is -0.138. The van der Waals surface area contributed by atoms with Gasteiger partial charge >= 0.3 is 0 Å². The summed E-state index contributed by atoms with van der Waals surface area (Å²) in [7, 11) is 0. The summed E-state index contributed by atoms with van der Waals surface area (Å²) in [5, 5.41) is 2.95. The molecule has 0 saturated carbocycles. The van der Waals surface area contributed by atoms with Crippen molar-refractivity contribution in [2.75, 3.05) is 19.6 Å². The average Bonchev–Trinajstić information content (AvgIpc) is 2.59. The van der Waals surface area contributed by atoms with Crippen molar-refractivity contribution in [1.82, 2.24) is 10.2 Å². The molecule has 2 amide bonds. The van der Waals surface area contributed by atoms with Crippen LogP contribution in [0.15, 0.2) is 30.3 Å². The number of hydrogen-bond donors (Lipinski definition) is 2. The van der Waals surface area contributed by atoms with E-state index in [0.717, 1.165) is 25.8 Å². The van der Waals surface area contributed by atoms with E-state index < -0.39 is 0 Å². The van der Waals surface area contributed by atoms with Crippen molar-refractivity contribution in [3.63, 3.8) is 0 Å². The van der Waals surface area contributed by atoms with E-state index in [9.17, 15) is 9.59 Å². The van der Waals surface area contributed by atoms with Crippen LogP contribution in [0.4, 0.5) is 0 Å². The van der Waals surface area contributed by atoms with Crippen molar-refractivity contribution >= 4 is 11.8 Å². The molecule has 5 heteroatoms.